The third-order valence-corrected chi connectivity index (χ3v) is 8.47. The van der Waals surface area contributed by atoms with Crippen molar-refractivity contribution in [1.29, 1.82) is 0 Å². The zero-order valence-corrected chi connectivity index (χ0v) is 22.0. The summed E-state index contributed by atoms with van der Waals surface area (Å²) in [6.45, 7) is 11.5. The summed E-state index contributed by atoms with van der Waals surface area (Å²) in [6.07, 6.45) is 2.01. The number of hydrogen-bond donors (Lipinski definition) is 1. The van der Waals surface area contributed by atoms with E-state index in [0.29, 0.717) is 25.0 Å². The molecule has 3 aromatic heterocycles. The van der Waals surface area contributed by atoms with Gasteiger partial charge in [0.25, 0.3) is 0 Å². The lowest BCUT2D eigenvalue weighted by Gasteiger charge is -2.37. The van der Waals surface area contributed by atoms with E-state index in [2.05, 4.69) is 15.9 Å². The first kappa shape index (κ1) is 23.8. The highest BCUT2D eigenvalue weighted by Gasteiger charge is 2.31. The Labute approximate surface area is 214 Å². The van der Waals surface area contributed by atoms with Crippen LogP contribution in [0.4, 0.5) is 5.82 Å². The van der Waals surface area contributed by atoms with Crippen molar-refractivity contribution in [1.82, 2.24) is 19.9 Å². The normalized spacial score (nSPS) is 18.5. The molecule has 190 valence electrons. The lowest BCUT2D eigenvalue weighted by molar-refractivity contribution is -0.0136. The van der Waals surface area contributed by atoms with Crippen LogP contribution in [-0.2, 0) is 11.3 Å². The van der Waals surface area contributed by atoms with Crippen molar-refractivity contribution < 1.29 is 14.3 Å². The zero-order chi connectivity index (χ0) is 24.9. The van der Waals surface area contributed by atoms with Gasteiger partial charge in [0.1, 0.15) is 26.7 Å². The molecule has 2 fully saturated rings. The fourth-order valence-electron chi connectivity index (χ4n) is 5.46. The van der Waals surface area contributed by atoms with Crippen LogP contribution in [-0.4, -0.2) is 70.0 Å². The Bertz CT molecular complexity index is 1380. The first-order valence-electron chi connectivity index (χ1n) is 12.8. The summed E-state index contributed by atoms with van der Waals surface area (Å²) < 4.78 is 11.6. The van der Waals surface area contributed by atoms with Gasteiger partial charge in [-0.1, -0.05) is 29.5 Å². The minimum Gasteiger partial charge on any atom is -0.461 e. The Balaban J connectivity index is 1.36. The van der Waals surface area contributed by atoms with Crippen molar-refractivity contribution >= 4 is 38.5 Å². The molecule has 0 saturated carbocycles. The van der Waals surface area contributed by atoms with E-state index in [4.69, 9.17) is 24.1 Å². The van der Waals surface area contributed by atoms with E-state index in [1.54, 1.807) is 11.3 Å². The Kier molecular flexibility index (Phi) is 6.19. The number of rotatable bonds is 5. The van der Waals surface area contributed by atoms with Gasteiger partial charge in [0, 0.05) is 18.5 Å². The summed E-state index contributed by atoms with van der Waals surface area (Å²) in [7, 11) is 0. The number of anilines is 1. The monoisotopic (exact) mass is 507 g/mol. The Morgan fingerprint density at radius 2 is 1.81 bits per heavy atom. The molecule has 2 aliphatic heterocycles. The first-order chi connectivity index (χ1) is 17.4. The van der Waals surface area contributed by atoms with Crippen LogP contribution >= 0.6 is 11.3 Å². The van der Waals surface area contributed by atoms with Crippen molar-refractivity contribution in [3.05, 3.63) is 35.0 Å². The van der Waals surface area contributed by atoms with E-state index in [1.165, 1.54) is 0 Å². The summed E-state index contributed by atoms with van der Waals surface area (Å²) >= 11 is 1.66. The van der Waals surface area contributed by atoms with Crippen LogP contribution in [0, 0.1) is 12.8 Å². The second-order valence-corrected chi connectivity index (χ2v) is 11.5. The maximum atomic E-state index is 10.4. The standard InChI is InChI=1S/C27H33N5O3S/c1-17-22(19-6-4-5-7-20(19)35-17)24-29-25(32-12-14-34-15-13-32)23-26(30-24)36-21(28-23)16-31-10-8-18(9-11-31)27(2,3)33/h4-7,18,33H,8-16H2,1-3H3. The molecular weight excluding hydrogens is 474 g/mol. The Morgan fingerprint density at radius 1 is 1.06 bits per heavy atom. The molecule has 1 aromatic carbocycles. The number of furan rings is 1. The predicted molar refractivity (Wildman–Crippen MR) is 142 cm³/mol. The van der Waals surface area contributed by atoms with E-state index in [-0.39, 0.29) is 0 Å². The highest BCUT2D eigenvalue weighted by atomic mass is 32.1. The van der Waals surface area contributed by atoms with Crippen molar-refractivity contribution in [2.45, 2.75) is 45.8 Å². The Hall–Kier alpha value is -2.59. The van der Waals surface area contributed by atoms with Gasteiger partial charge in [-0.3, -0.25) is 4.90 Å². The third kappa shape index (κ3) is 4.49. The maximum Gasteiger partial charge on any atom is 0.167 e. The number of para-hydroxylation sites is 1. The molecule has 1 N–H and O–H groups in total. The summed E-state index contributed by atoms with van der Waals surface area (Å²) in [4.78, 5) is 20.8. The number of piperidine rings is 1. The van der Waals surface area contributed by atoms with Gasteiger partial charge in [-0.25, -0.2) is 15.0 Å². The van der Waals surface area contributed by atoms with Gasteiger partial charge in [0.15, 0.2) is 11.6 Å². The highest BCUT2D eigenvalue weighted by molar-refractivity contribution is 7.18. The van der Waals surface area contributed by atoms with Crippen molar-refractivity contribution in [2.75, 3.05) is 44.3 Å². The van der Waals surface area contributed by atoms with E-state index in [0.717, 1.165) is 89.0 Å². The topological polar surface area (TPSA) is 87.8 Å². The molecule has 9 heteroatoms. The lowest BCUT2D eigenvalue weighted by atomic mass is 9.83. The van der Waals surface area contributed by atoms with E-state index in [9.17, 15) is 5.11 Å². The zero-order valence-electron chi connectivity index (χ0n) is 21.2. The van der Waals surface area contributed by atoms with Crippen molar-refractivity contribution in [3.63, 3.8) is 0 Å². The summed E-state index contributed by atoms with van der Waals surface area (Å²) in [5.74, 6) is 2.74. The number of hydrogen-bond acceptors (Lipinski definition) is 9. The SMILES string of the molecule is Cc1oc2ccccc2c1-c1nc(N2CCOCC2)c2nc(CN3CCC(C(C)(C)O)CC3)sc2n1. The molecule has 2 saturated heterocycles. The van der Waals surface area contributed by atoms with Gasteiger partial charge in [-0.05, 0) is 58.7 Å². The van der Waals surface area contributed by atoms with Gasteiger partial charge >= 0.3 is 0 Å². The number of ether oxygens (including phenoxy) is 1. The first-order valence-corrected chi connectivity index (χ1v) is 13.6. The van der Waals surface area contributed by atoms with Crippen LogP contribution in [0.2, 0.25) is 0 Å². The average Bonchev–Trinajstić information content (AvgIpc) is 3.43. The van der Waals surface area contributed by atoms with Crippen LogP contribution in [0.25, 0.3) is 32.7 Å². The number of aliphatic hydroxyl groups is 1. The number of fused-ring (bicyclic) bond motifs is 2. The van der Waals surface area contributed by atoms with Crippen LogP contribution in [0.15, 0.2) is 28.7 Å². The largest absolute Gasteiger partial charge is 0.461 e. The quantitative estimate of drug-likeness (QED) is 0.418. The third-order valence-electron chi connectivity index (χ3n) is 7.54. The van der Waals surface area contributed by atoms with Gasteiger partial charge in [0.05, 0.1) is 30.9 Å². The molecule has 36 heavy (non-hydrogen) atoms. The number of aryl methyl sites for hydroxylation is 1. The minimum atomic E-state index is -0.615. The summed E-state index contributed by atoms with van der Waals surface area (Å²) in [5, 5.41) is 12.5. The van der Waals surface area contributed by atoms with Gasteiger partial charge < -0.3 is 19.2 Å². The summed E-state index contributed by atoms with van der Waals surface area (Å²) in [6, 6.07) is 8.06. The molecule has 0 spiro atoms. The van der Waals surface area contributed by atoms with E-state index >= 15 is 0 Å². The molecule has 4 aromatic rings. The van der Waals surface area contributed by atoms with Gasteiger partial charge in [-0.2, -0.15) is 0 Å². The van der Waals surface area contributed by atoms with Crippen LogP contribution < -0.4 is 4.90 Å². The molecule has 6 rings (SSSR count). The molecule has 0 radical (unpaired) electrons. The van der Waals surface area contributed by atoms with Gasteiger partial charge in [0.2, 0.25) is 0 Å². The molecule has 0 amide bonds. The van der Waals surface area contributed by atoms with E-state index in [1.807, 2.05) is 39.0 Å². The minimum absolute atomic E-state index is 0.346. The van der Waals surface area contributed by atoms with Crippen molar-refractivity contribution in [3.8, 4) is 11.4 Å². The van der Waals surface area contributed by atoms with E-state index < -0.39 is 5.60 Å². The molecule has 5 heterocycles. The number of benzene rings is 1. The second-order valence-electron chi connectivity index (χ2n) is 10.5. The number of likely N-dealkylation sites (tertiary alicyclic amines) is 1. The molecule has 8 nitrogen and oxygen atoms in total. The molecular formula is C27H33N5O3S. The molecule has 2 aliphatic rings. The predicted octanol–water partition coefficient (Wildman–Crippen LogP) is 4.63. The lowest BCUT2D eigenvalue weighted by Crippen LogP contribution is -2.41. The van der Waals surface area contributed by atoms with Crippen LogP contribution in [0.1, 0.15) is 37.5 Å². The molecule has 0 aliphatic carbocycles. The summed E-state index contributed by atoms with van der Waals surface area (Å²) in [5.41, 5.74) is 2.06. The number of morpholine rings is 1. The molecule has 0 atom stereocenters. The molecule has 0 unspecified atom stereocenters. The van der Waals surface area contributed by atoms with Crippen molar-refractivity contribution in [2.24, 2.45) is 5.92 Å². The second kappa shape index (κ2) is 9.37. The fraction of sp³-hybridized carbons (Fsp3) is 0.519. The average molecular weight is 508 g/mol. The number of thiazole rings is 1. The fourth-order valence-corrected chi connectivity index (χ4v) is 6.43. The van der Waals surface area contributed by atoms with Crippen LogP contribution in [0.5, 0.6) is 0 Å². The highest BCUT2D eigenvalue weighted by Crippen LogP contribution is 2.37. The Morgan fingerprint density at radius 3 is 2.56 bits per heavy atom. The number of aromatic nitrogens is 3. The van der Waals surface area contributed by atoms with Crippen LogP contribution in [0.3, 0.4) is 0 Å². The smallest absolute Gasteiger partial charge is 0.167 e. The van der Waals surface area contributed by atoms with Gasteiger partial charge in [-0.15, -0.1) is 0 Å². The molecule has 0 bridgehead atoms. The maximum absolute atomic E-state index is 10.4. The number of nitrogens with zero attached hydrogens (tertiary/aromatic N) is 5.